The second kappa shape index (κ2) is 4.97. The van der Waals surface area contributed by atoms with Gasteiger partial charge in [0.05, 0.1) is 11.1 Å². The van der Waals surface area contributed by atoms with Crippen LogP contribution in [0.1, 0.15) is 27.1 Å². The van der Waals surface area contributed by atoms with Crippen molar-refractivity contribution in [3.63, 3.8) is 0 Å². The maximum Gasteiger partial charge on any atom is 0.261 e. The Kier molecular flexibility index (Phi) is 3.37. The van der Waals surface area contributed by atoms with Crippen LogP contribution in [0.25, 0.3) is 0 Å². The molecule has 0 aromatic heterocycles. The predicted molar refractivity (Wildman–Crippen MR) is 63.3 cm³/mol. The van der Waals surface area contributed by atoms with Crippen molar-refractivity contribution in [1.82, 2.24) is 4.90 Å². The number of nitrogens with zero attached hydrogens (tertiary/aromatic N) is 2. The van der Waals surface area contributed by atoms with Gasteiger partial charge in [-0.25, -0.2) is 0 Å². The van der Waals surface area contributed by atoms with Crippen LogP contribution in [-0.2, 0) is 4.79 Å². The third kappa shape index (κ3) is 2.49. The summed E-state index contributed by atoms with van der Waals surface area (Å²) < 4.78 is 0. The summed E-state index contributed by atoms with van der Waals surface area (Å²) in [6.45, 7) is -0.914. The molecule has 98 valence electrons. The fourth-order valence-corrected chi connectivity index (χ4v) is 1.90. The Morgan fingerprint density at radius 3 is 2.16 bits per heavy atom. The Morgan fingerprint density at radius 1 is 1.16 bits per heavy atom. The third-order valence-electron chi connectivity index (χ3n) is 2.80. The molecule has 0 spiro atoms. The summed E-state index contributed by atoms with van der Waals surface area (Å²) >= 11 is 0. The minimum atomic E-state index is -0.789. The van der Waals surface area contributed by atoms with Crippen molar-refractivity contribution in [3.8, 4) is 0 Å². The highest BCUT2D eigenvalue weighted by Gasteiger charge is 2.35. The number of hydrogen-bond acceptors (Lipinski definition) is 5. The molecule has 0 bridgehead atoms. The Hall–Kier alpha value is -2.57. The molecule has 0 fully saturated rings. The van der Waals surface area contributed by atoms with E-state index in [1.54, 1.807) is 12.1 Å². The van der Waals surface area contributed by atoms with Crippen LogP contribution in [0.3, 0.4) is 0 Å². The van der Waals surface area contributed by atoms with Crippen LogP contribution in [0.5, 0.6) is 0 Å². The minimum Gasteiger partial charge on any atom is -0.292 e. The normalized spacial score (nSPS) is 13.6. The molecule has 1 heterocycles. The van der Waals surface area contributed by atoms with Gasteiger partial charge >= 0.3 is 0 Å². The second-order valence-corrected chi connectivity index (χ2v) is 4.09. The molecule has 1 aromatic carbocycles. The molecule has 19 heavy (non-hydrogen) atoms. The lowest BCUT2D eigenvalue weighted by atomic mass is 10.1. The van der Waals surface area contributed by atoms with E-state index in [0.717, 1.165) is 4.90 Å². The number of Topliss-reactive ketones (excluding diaryl/α,β-unsaturated/α-hetero) is 1. The van der Waals surface area contributed by atoms with Gasteiger partial charge in [0.25, 0.3) is 18.4 Å². The lowest BCUT2D eigenvalue weighted by Gasteiger charge is -2.12. The van der Waals surface area contributed by atoms with Crippen LogP contribution in [0.4, 0.5) is 0 Å². The van der Waals surface area contributed by atoms with Crippen LogP contribution in [0, 0.1) is 10.1 Å². The van der Waals surface area contributed by atoms with Gasteiger partial charge in [-0.3, -0.25) is 29.4 Å². The molecule has 2 amide bonds. The lowest BCUT2D eigenvalue weighted by Crippen LogP contribution is -2.32. The largest absolute Gasteiger partial charge is 0.292 e. The van der Waals surface area contributed by atoms with Crippen molar-refractivity contribution in [2.75, 3.05) is 13.1 Å². The van der Waals surface area contributed by atoms with E-state index in [-0.39, 0.29) is 13.0 Å². The first-order valence-electron chi connectivity index (χ1n) is 5.59. The quantitative estimate of drug-likeness (QED) is 0.437. The van der Waals surface area contributed by atoms with Crippen molar-refractivity contribution in [2.45, 2.75) is 6.42 Å². The van der Waals surface area contributed by atoms with E-state index in [2.05, 4.69) is 0 Å². The number of benzene rings is 1. The van der Waals surface area contributed by atoms with Crippen molar-refractivity contribution in [1.29, 1.82) is 0 Å². The van der Waals surface area contributed by atoms with E-state index in [1.165, 1.54) is 12.1 Å². The van der Waals surface area contributed by atoms with E-state index < -0.39 is 29.1 Å². The van der Waals surface area contributed by atoms with E-state index in [9.17, 15) is 24.5 Å². The molecule has 1 aliphatic rings. The predicted octanol–water partition coefficient (Wildman–Crippen LogP) is 0.519. The summed E-state index contributed by atoms with van der Waals surface area (Å²) in [6.07, 6.45) is -0.202. The summed E-state index contributed by atoms with van der Waals surface area (Å²) in [5.41, 5.74) is 0.600. The van der Waals surface area contributed by atoms with Crippen molar-refractivity contribution in [3.05, 3.63) is 45.5 Å². The summed E-state index contributed by atoms with van der Waals surface area (Å²) in [7, 11) is 0. The van der Waals surface area contributed by atoms with Gasteiger partial charge in [0.15, 0.2) is 0 Å². The molecule has 0 saturated heterocycles. The standard InChI is InChI=1S/C12H10N2O5/c15-8(7-14(18)19)5-6-13-11(16)9-3-1-2-4-10(9)12(13)17/h1-4H,5-7H2. The monoisotopic (exact) mass is 262 g/mol. The maximum atomic E-state index is 11.9. The fourth-order valence-electron chi connectivity index (χ4n) is 1.90. The number of ketones is 1. The van der Waals surface area contributed by atoms with Crippen molar-refractivity contribution >= 4 is 17.6 Å². The summed E-state index contributed by atoms with van der Waals surface area (Å²) in [4.78, 5) is 45.4. The summed E-state index contributed by atoms with van der Waals surface area (Å²) in [6, 6.07) is 6.36. The molecule has 0 radical (unpaired) electrons. The zero-order chi connectivity index (χ0) is 14.0. The number of rotatable bonds is 5. The molecule has 7 heteroatoms. The number of carbonyl (C=O) groups excluding carboxylic acids is 3. The average Bonchev–Trinajstić information content (AvgIpc) is 2.60. The first-order valence-corrected chi connectivity index (χ1v) is 5.59. The summed E-state index contributed by atoms with van der Waals surface area (Å²) in [5, 5.41) is 10.2. The van der Waals surface area contributed by atoms with Crippen LogP contribution in [0.15, 0.2) is 24.3 Å². The van der Waals surface area contributed by atoms with Crippen LogP contribution < -0.4 is 0 Å². The highest BCUT2D eigenvalue weighted by Crippen LogP contribution is 2.22. The molecule has 1 aliphatic heterocycles. The zero-order valence-corrected chi connectivity index (χ0v) is 9.87. The van der Waals surface area contributed by atoms with Gasteiger partial charge < -0.3 is 0 Å². The number of nitro groups is 1. The molecule has 2 rings (SSSR count). The molecule has 0 unspecified atom stereocenters. The molecular formula is C12H10N2O5. The van der Waals surface area contributed by atoms with Crippen LogP contribution in [0.2, 0.25) is 0 Å². The molecule has 0 atom stereocenters. The van der Waals surface area contributed by atoms with E-state index >= 15 is 0 Å². The zero-order valence-electron chi connectivity index (χ0n) is 9.87. The molecule has 0 aliphatic carbocycles. The summed E-state index contributed by atoms with van der Waals surface area (Å²) in [5.74, 6) is -1.54. The van der Waals surface area contributed by atoms with Gasteiger partial charge in [0.1, 0.15) is 0 Å². The van der Waals surface area contributed by atoms with Gasteiger partial charge in [0, 0.05) is 17.9 Å². The highest BCUT2D eigenvalue weighted by atomic mass is 16.6. The molecule has 1 aromatic rings. The topological polar surface area (TPSA) is 97.6 Å². The first-order chi connectivity index (χ1) is 9.00. The minimum absolute atomic E-state index is 0.126. The molecule has 0 saturated carbocycles. The van der Waals surface area contributed by atoms with Crippen molar-refractivity contribution in [2.24, 2.45) is 0 Å². The number of hydrogen-bond donors (Lipinski definition) is 0. The average molecular weight is 262 g/mol. The van der Waals surface area contributed by atoms with Gasteiger partial charge in [-0.1, -0.05) is 12.1 Å². The number of carbonyl (C=O) groups is 3. The Bertz CT molecular complexity index is 546. The Labute approximate surface area is 108 Å². The van der Waals surface area contributed by atoms with Gasteiger partial charge in [0.2, 0.25) is 5.78 Å². The lowest BCUT2D eigenvalue weighted by molar-refractivity contribution is -0.467. The van der Waals surface area contributed by atoms with E-state index in [4.69, 9.17) is 0 Å². The van der Waals surface area contributed by atoms with Gasteiger partial charge in [-0.2, -0.15) is 0 Å². The SMILES string of the molecule is O=C(CCN1C(=O)c2ccccc2C1=O)C[N+](=O)[O-]. The van der Waals surface area contributed by atoms with Gasteiger partial charge in [-0.15, -0.1) is 0 Å². The molecule has 7 nitrogen and oxygen atoms in total. The maximum absolute atomic E-state index is 11.9. The van der Waals surface area contributed by atoms with E-state index in [1.807, 2.05) is 0 Å². The number of imide groups is 1. The molecule has 0 N–H and O–H groups in total. The van der Waals surface area contributed by atoms with Crippen LogP contribution >= 0.6 is 0 Å². The fraction of sp³-hybridized carbons (Fsp3) is 0.250. The van der Waals surface area contributed by atoms with E-state index in [0.29, 0.717) is 11.1 Å². The third-order valence-corrected chi connectivity index (χ3v) is 2.80. The Balaban J connectivity index is 2.05. The Morgan fingerprint density at radius 2 is 1.68 bits per heavy atom. The van der Waals surface area contributed by atoms with Crippen LogP contribution in [-0.4, -0.2) is 40.5 Å². The van der Waals surface area contributed by atoms with Crippen molar-refractivity contribution < 1.29 is 19.3 Å². The first kappa shape index (κ1) is 12.9. The number of fused-ring (bicyclic) bond motifs is 1. The second-order valence-electron chi connectivity index (χ2n) is 4.09. The smallest absolute Gasteiger partial charge is 0.261 e. The van der Waals surface area contributed by atoms with Gasteiger partial charge in [-0.05, 0) is 12.1 Å². The number of amides is 2. The molecular weight excluding hydrogens is 252 g/mol. The highest BCUT2D eigenvalue weighted by molar-refractivity contribution is 6.21.